The first-order valence-corrected chi connectivity index (χ1v) is 7.00. The molecule has 3 heteroatoms. The molecule has 0 radical (unpaired) electrons. The van der Waals surface area contributed by atoms with E-state index in [4.69, 9.17) is 9.47 Å². The molecular weight excluding hydrogens is 228 g/mol. The fourth-order valence-corrected chi connectivity index (χ4v) is 4.92. The minimum Gasteiger partial charge on any atom is -0.432 e. The number of rotatable bonds is 0. The molecule has 2 aliphatic carbocycles. The topological polar surface area (TPSA) is 38.8 Å². The second-order valence-electron chi connectivity index (χ2n) is 7.05. The lowest BCUT2D eigenvalue weighted by Crippen LogP contribution is -2.45. The molecule has 2 saturated heterocycles. The molecule has 3 fully saturated rings. The first kappa shape index (κ1) is 11.0. The number of hydrogen-bond donors (Lipinski definition) is 0. The maximum atomic E-state index is 12.4. The predicted molar refractivity (Wildman–Crippen MR) is 65.6 cm³/mol. The smallest absolute Gasteiger partial charge is 0.317 e. The van der Waals surface area contributed by atoms with Gasteiger partial charge in [0.1, 0.15) is 11.5 Å². The summed E-state index contributed by atoms with van der Waals surface area (Å²) < 4.78 is 10.9. The van der Waals surface area contributed by atoms with Crippen LogP contribution in [0.4, 0.5) is 0 Å². The van der Waals surface area contributed by atoms with E-state index in [1.807, 2.05) is 0 Å². The first-order valence-electron chi connectivity index (χ1n) is 7.00. The van der Waals surface area contributed by atoms with Gasteiger partial charge in [0.2, 0.25) is 6.29 Å². The lowest BCUT2D eigenvalue weighted by Gasteiger charge is -2.40. The van der Waals surface area contributed by atoms with Gasteiger partial charge in [-0.2, -0.15) is 0 Å². The Morgan fingerprint density at radius 2 is 2.17 bits per heavy atom. The Bertz CT molecular complexity index is 464. The minimum absolute atomic E-state index is 0.00537. The zero-order chi connectivity index (χ0) is 12.7. The number of carbonyl (C=O) groups excluding carboxylic acids is 1. The molecule has 4 aliphatic rings. The second kappa shape index (κ2) is 3.01. The van der Waals surface area contributed by atoms with Crippen molar-refractivity contribution in [2.75, 3.05) is 0 Å². The molecule has 1 spiro atoms. The van der Waals surface area contributed by atoms with Gasteiger partial charge >= 0.3 is 5.97 Å². The molecule has 1 unspecified atom stereocenters. The van der Waals surface area contributed by atoms with Crippen LogP contribution in [-0.2, 0) is 14.3 Å². The van der Waals surface area contributed by atoms with Crippen LogP contribution in [-0.4, -0.2) is 18.4 Å². The van der Waals surface area contributed by atoms with Crippen molar-refractivity contribution in [3.63, 3.8) is 0 Å². The van der Waals surface area contributed by atoms with E-state index in [0.29, 0.717) is 11.8 Å². The van der Waals surface area contributed by atoms with Crippen molar-refractivity contribution < 1.29 is 14.3 Å². The molecular formula is C15H20O3. The Morgan fingerprint density at radius 1 is 1.39 bits per heavy atom. The van der Waals surface area contributed by atoms with Crippen LogP contribution < -0.4 is 0 Å². The van der Waals surface area contributed by atoms with Gasteiger partial charge in [0, 0.05) is 0 Å². The molecule has 2 heterocycles. The van der Waals surface area contributed by atoms with Crippen LogP contribution in [0.1, 0.15) is 40.0 Å². The number of ether oxygens (including phenoxy) is 2. The van der Waals surface area contributed by atoms with E-state index >= 15 is 0 Å². The maximum absolute atomic E-state index is 12.4. The van der Waals surface area contributed by atoms with Crippen LogP contribution in [0.15, 0.2) is 11.6 Å². The standard InChI is InChI=1S/C15H20O3/c1-8-4-5-10-9(6-8)7-15(14(10,2)3)11-12(17-11)18-13(15)16/h6,9-12H,4-5,7H2,1-3H3/t9-,10-,11+,12+,15?/m1/s1. The molecule has 0 amide bonds. The molecule has 0 aromatic heterocycles. The van der Waals surface area contributed by atoms with Gasteiger partial charge in [0.25, 0.3) is 0 Å². The monoisotopic (exact) mass is 248 g/mol. The SMILES string of the molecule is CC1=C[C@@H]2CC3(C(=O)O[C@@H]4O[C@@H]43)C(C)(C)[C@@H]2CC1. The normalized spacial score (nSPS) is 51.7. The largest absolute Gasteiger partial charge is 0.432 e. The highest BCUT2D eigenvalue weighted by Crippen LogP contribution is 2.69. The summed E-state index contributed by atoms with van der Waals surface area (Å²) in [6.45, 7) is 6.70. The molecule has 0 N–H and O–H groups in total. The second-order valence-corrected chi connectivity index (χ2v) is 7.05. The van der Waals surface area contributed by atoms with Crippen LogP contribution in [0.3, 0.4) is 0 Å². The first-order chi connectivity index (χ1) is 8.47. The average Bonchev–Trinajstić information content (AvgIpc) is 2.93. The summed E-state index contributed by atoms with van der Waals surface area (Å²) in [6, 6.07) is 0. The molecule has 18 heavy (non-hydrogen) atoms. The number of carbonyl (C=O) groups is 1. The molecule has 2 aliphatic heterocycles. The highest BCUT2D eigenvalue weighted by Gasteiger charge is 2.77. The van der Waals surface area contributed by atoms with Crippen molar-refractivity contribution in [1.82, 2.24) is 0 Å². The van der Waals surface area contributed by atoms with E-state index in [1.54, 1.807) is 0 Å². The Hall–Kier alpha value is -0.830. The summed E-state index contributed by atoms with van der Waals surface area (Å²) in [4.78, 5) is 12.4. The molecule has 1 saturated carbocycles. The molecule has 98 valence electrons. The molecule has 5 atom stereocenters. The number of epoxide rings is 1. The van der Waals surface area contributed by atoms with Crippen LogP contribution in [0, 0.1) is 22.7 Å². The highest BCUT2D eigenvalue weighted by molar-refractivity contribution is 5.83. The fraction of sp³-hybridized carbons (Fsp3) is 0.800. The van der Waals surface area contributed by atoms with Crippen molar-refractivity contribution in [2.24, 2.45) is 22.7 Å². The molecule has 3 nitrogen and oxygen atoms in total. The summed E-state index contributed by atoms with van der Waals surface area (Å²) in [5.74, 6) is 1.12. The number of fused-ring (bicyclic) bond motifs is 3. The maximum Gasteiger partial charge on any atom is 0.317 e. The molecule has 0 aromatic rings. The Kier molecular flexibility index (Phi) is 1.84. The number of allylic oxidation sites excluding steroid dienone is 2. The van der Waals surface area contributed by atoms with E-state index in [9.17, 15) is 4.79 Å². The summed E-state index contributed by atoms with van der Waals surface area (Å²) in [5.41, 5.74) is 1.08. The molecule has 0 aromatic carbocycles. The highest BCUT2D eigenvalue weighted by atomic mass is 16.8. The van der Waals surface area contributed by atoms with Crippen molar-refractivity contribution >= 4 is 5.97 Å². The Morgan fingerprint density at radius 3 is 2.83 bits per heavy atom. The van der Waals surface area contributed by atoms with Gasteiger partial charge in [-0.25, -0.2) is 0 Å². The lowest BCUT2D eigenvalue weighted by molar-refractivity contribution is -0.165. The van der Waals surface area contributed by atoms with E-state index < -0.39 is 0 Å². The van der Waals surface area contributed by atoms with Gasteiger partial charge in [0.05, 0.1) is 0 Å². The van der Waals surface area contributed by atoms with Crippen molar-refractivity contribution in [2.45, 2.75) is 52.4 Å². The minimum atomic E-state index is -0.381. The number of esters is 1. The zero-order valence-electron chi connectivity index (χ0n) is 11.2. The summed E-state index contributed by atoms with van der Waals surface area (Å²) in [6.07, 6.45) is 5.48. The summed E-state index contributed by atoms with van der Waals surface area (Å²) >= 11 is 0. The van der Waals surface area contributed by atoms with Gasteiger partial charge < -0.3 is 9.47 Å². The average molecular weight is 248 g/mol. The zero-order valence-corrected chi connectivity index (χ0v) is 11.2. The third-order valence-corrected chi connectivity index (χ3v) is 6.02. The van der Waals surface area contributed by atoms with Crippen molar-refractivity contribution in [3.05, 3.63) is 11.6 Å². The number of hydrogen-bond acceptors (Lipinski definition) is 3. The predicted octanol–water partition coefficient (Wildman–Crippen LogP) is 2.66. The molecule has 0 bridgehead atoms. The third-order valence-electron chi connectivity index (χ3n) is 6.02. The van der Waals surface area contributed by atoms with Gasteiger partial charge in [-0.15, -0.1) is 0 Å². The van der Waals surface area contributed by atoms with E-state index in [-0.39, 0.29) is 29.2 Å². The Balaban J connectivity index is 1.80. The van der Waals surface area contributed by atoms with Gasteiger partial charge in [-0.1, -0.05) is 25.5 Å². The van der Waals surface area contributed by atoms with Crippen LogP contribution in [0.25, 0.3) is 0 Å². The van der Waals surface area contributed by atoms with E-state index in [0.717, 1.165) is 6.42 Å². The van der Waals surface area contributed by atoms with Gasteiger partial charge in [0.15, 0.2) is 0 Å². The van der Waals surface area contributed by atoms with Crippen molar-refractivity contribution in [1.29, 1.82) is 0 Å². The van der Waals surface area contributed by atoms with Crippen LogP contribution >= 0.6 is 0 Å². The van der Waals surface area contributed by atoms with Crippen molar-refractivity contribution in [3.8, 4) is 0 Å². The fourth-order valence-electron chi connectivity index (χ4n) is 4.92. The van der Waals surface area contributed by atoms with Gasteiger partial charge in [-0.3, -0.25) is 4.79 Å². The van der Waals surface area contributed by atoms with E-state index in [2.05, 4.69) is 26.8 Å². The van der Waals surface area contributed by atoms with E-state index in [1.165, 1.54) is 18.4 Å². The van der Waals surface area contributed by atoms with Gasteiger partial charge in [-0.05, 0) is 43.4 Å². The lowest BCUT2D eigenvalue weighted by atomic mass is 9.62. The molecule has 4 rings (SSSR count). The van der Waals surface area contributed by atoms with Crippen LogP contribution in [0.5, 0.6) is 0 Å². The quantitative estimate of drug-likeness (QED) is 0.376. The summed E-state index contributed by atoms with van der Waals surface area (Å²) in [5, 5.41) is 0. The summed E-state index contributed by atoms with van der Waals surface area (Å²) in [7, 11) is 0. The van der Waals surface area contributed by atoms with Crippen LogP contribution in [0.2, 0.25) is 0 Å². The Labute approximate surface area is 108 Å². The third kappa shape index (κ3) is 1.04.